The van der Waals surface area contributed by atoms with Crippen LogP contribution in [0.1, 0.15) is 32.3 Å². The van der Waals surface area contributed by atoms with Crippen LogP contribution in [0.25, 0.3) is 0 Å². The lowest BCUT2D eigenvalue weighted by Gasteiger charge is -2.15. The minimum Gasteiger partial charge on any atom is -0.458 e. The molecule has 0 heterocycles. The molecule has 0 radical (unpaired) electrons. The van der Waals surface area contributed by atoms with Gasteiger partial charge in [0.1, 0.15) is 11.5 Å². The van der Waals surface area contributed by atoms with Gasteiger partial charge in [-0.1, -0.05) is 30.7 Å². The quantitative estimate of drug-likeness (QED) is 0.644. The molecule has 0 aliphatic carbocycles. The molecule has 2 aromatic carbocycles. The molecular weight excluding hydrogens is 374 g/mol. The van der Waals surface area contributed by atoms with Crippen molar-refractivity contribution in [1.82, 2.24) is 4.72 Å². The number of hydrogen-bond acceptors (Lipinski definition) is 4. The SMILES string of the molecule is CC(CNS(=O)(=O)C(C)C)c1ccc(OCOc2ccc(Cl)cc2)cc1. The third kappa shape index (κ3) is 6.20. The van der Waals surface area contributed by atoms with E-state index in [-0.39, 0.29) is 12.7 Å². The average Bonchev–Trinajstić information content (AvgIpc) is 2.62. The predicted molar refractivity (Wildman–Crippen MR) is 104 cm³/mol. The molecule has 0 aromatic heterocycles. The minimum atomic E-state index is -3.25. The van der Waals surface area contributed by atoms with Gasteiger partial charge in [-0.15, -0.1) is 0 Å². The molecular formula is C19H24ClNO4S. The Balaban J connectivity index is 1.82. The first kappa shape index (κ1) is 20.6. The van der Waals surface area contributed by atoms with Gasteiger partial charge in [-0.25, -0.2) is 13.1 Å². The van der Waals surface area contributed by atoms with Crippen LogP contribution in [-0.2, 0) is 10.0 Å². The second-order valence-electron chi connectivity index (χ2n) is 6.27. The number of benzene rings is 2. The molecule has 26 heavy (non-hydrogen) atoms. The first-order valence-corrected chi connectivity index (χ1v) is 10.3. The highest BCUT2D eigenvalue weighted by Gasteiger charge is 2.17. The Bertz CT molecular complexity index is 789. The topological polar surface area (TPSA) is 64.6 Å². The fourth-order valence-corrected chi connectivity index (χ4v) is 3.06. The maximum Gasteiger partial charge on any atom is 0.230 e. The van der Waals surface area contributed by atoms with Crippen LogP contribution in [0.2, 0.25) is 5.02 Å². The summed E-state index contributed by atoms with van der Waals surface area (Å²) in [5, 5.41) is 0.213. The van der Waals surface area contributed by atoms with Gasteiger partial charge in [-0.05, 0) is 61.7 Å². The first-order valence-electron chi connectivity index (χ1n) is 8.37. The van der Waals surface area contributed by atoms with E-state index in [1.165, 1.54) is 0 Å². The van der Waals surface area contributed by atoms with E-state index in [0.717, 1.165) is 5.56 Å². The highest BCUT2D eigenvalue weighted by Crippen LogP contribution is 2.20. The van der Waals surface area contributed by atoms with Crippen molar-refractivity contribution >= 4 is 21.6 Å². The molecule has 0 aliphatic rings. The Kier molecular flexibility index (Phi) is 7.32. The molecule has 1 N–H and O–H groups in total. The summed E-state index contributed by atoms with van der Waals surface area (Å²) in [6, 6.07) is 14.6. The summed E-state index contributed by atoms with van der Waals surface area (Å²) < 4.78 is 37.3. The minimum absolute atomic E-state index is 0.0582. The third-order valence-corrected chi connectivity index (χ3v) is 5.99. The molecule has 0 amide bonds. The molecule has 5 nitrogen and oxygen atoms in total. The van der Waals surface area contributed by atoms with Gasteiger partial charge in [0, 0.05) is 11.6 Å². The molecule has 2 aromatic rings. The van der Waals surface area contributed by atoms with Crippen molar-refractivity contribution in [2.75, 3.05) is 13.3 Å². The van der Waals surface area contributed by atoms with Gasteiger partial charge in [0.2, 0.25) is 16.8 Å². The van der Waals surface area contributed by atoms with Gasteiger partial charge in [0.15, 0.2) is 0 Å². The fourth-order valence-electron chi connectivity index (χ4n) is 2.11. The summed E-state index contributed by atoms with van der Waals surface area (Å²) in [5.74, 6) is 1.41. The summed E-state index contributed by atoms with van der Waals surface area (Å²) in [4.78, 5) is 0. The molecule has 1 atom stereocenters. The molecule has 0 spiro atoms. The molecule has 2 rings (SSSR count). The zero-order chi connectivity index (χ0) is 19.2. The monoisotopic (exact) mass is 397 g/mol. The van der Waals surface area contributed by atoms with E-state index < -0.39 is 15.3 Å². The number of nitrogens with one attached hydrogen (secondary N) is 1. The highest BCUT2D eigenvalue weighted by atomic mass is 35.5. The van der Waals surface area contributed by atoms with Crippen molar-refractivity contribution in [3.63, 3.8) is 0 Å². The van der Waals surface area contributed by atoms with Crippen molar-refractivity contribution in [2.24, 2.45) is 0 Å². The number of sulfonamides is 1. The Labute approximate surface area is 160 Å². The Morgan fingerprint density at radius 3 is 1.92 bits per heavy atom. The van der Waals surface area contributed by atoms with Crippen molar-refractivity contribution in [3.8, 4) is 11.5 Å². The van der Waals surface area contributed by atoms with E-state index in [2.05, 4.69) is 4.72 Å². The zero-order valence-corrected chi connectivity index (χ0v) is 16.7. The molecule has 7 heteroatoms. The summed E-state index contributed by atoms with van der Waals surface area (Å²) in [7, 11) is -3.25. The van der Waals surface area contributed by atoms with E-state index in [4.69, 9.17) is 21.1 Å². The van der Waals surface area contributed by atoms with Gasteiger partial charge in [0.05, 0.1) is 5.25 Å². The van der Waals surface area contributed by atoms with Crippen LogP contribution in [-0.4, -0.2) is 27.0 Å². The predicted octanol–water partition coefficient (Wildman–Crippen LogP) is 4.19. The molecule has 0 bridgehead atoms. The van der Waals surface area contributed by atoms with Crippen molar-refractivity contribution in [2.45, 2.75) is 31.9 Å². The second kappa shape index (κ2) is 9.26. The maximum atomic E-state index is 11.8. The van der Waals surface area contributed by atoms with Crippen LogP contribution in [0.4, 0.5) is 0 Å². The van der Waals surface area contributed by atoms with Crippen LogP contribution >= 0.6 is 11.6 Å². The number of halogens is 1. The van der Waals surface area contributed by atoms with Crippen LogP contribution in [0.15, 0.2) is 48.5 Å². The van der Waals surface area contributed by atoms with Crippen LogP contribution in [0.3, 0.4) is 0 Å². The van der Waals surface area contributed by atoms with Gasteiger partial charge in [-0.2, -0.15) is 0 Å². The van der Waals surface area contributed by atoms with E-state index in [0.29, 0.717) is 23.1 Å². The molecule has 0 aliphatic heterocycles. The maximum absolute atomic E-state index is 11.8. The third-order valence-electron chi connectivity index (χ3n) is 3.93. The second-order valence-corrected chi connectivity index (χ2v) is 9.03. The average molecular weight is 398 g/mol. The van der Waals surface area contributed by atoms with Gasteiger partial charge < -0.3 is 9.47 Å². The zero-order valence-electron chi connectivity index (χ0n) is 15.1. The molecule has 0 fully saturated rings. The number of ether oxygens (including phenoxy) is 2. The fraction of sp³-hybridized carbons (Fsp3) is 0.368. The van der Waals surface area contributed by atoms with Crippen LogP contribution in [0.5, 0.6) is 11.5 Å². The Hall–Kier alpha value is -1.76. The van der Waals surface area contributed by atoms with Crippen molar-refractivity contribution < 1.29 is 17.9 Å². The van der Waals surface area contributed by atoms with Gasteiger partial charge >= 0.3 is 0 Å². The van der Waals surface area contributed by atoms with E-state index in [9.17, 15) is 8.42 Å². The molecule has 0 saturated carbocycles. The first-order chi connectivity index (χ1) is 12.3. The highest BCUT2D eigenvalue weighted by molar-refractivity contribution is 7.90. The number of rotatable bonds is 9. The molecule has 0 saturated heterocycles. The summed E-state index contributed by atoms with van der Waals surface area (Å²) in [6.45, 7) is 5.74. The van der Waals surface area contributed by atoms with Crippen LogP contribution < -0.4 is 14.2 Å². The summed E-state index contributed by atoms with van der Waals surface area (Å²) in [5.41, 5.74) is 1.03. The Morgan fingerprint density at radius 1 is 0.923 bits per heavy atom. The van der Waals surface area contributed by atoms with Crippen molar-refractivity contribution in [1.29, 1.82) is 0 Å². The lowest BCUT2D eigenvalue weighted by molar-refractivity contribution is 0.120. The summed E-state index contributed by atoms with van der Waals surface area (Å²) in [6.07, 6.45) is 0. The van der Waals surface area contributed by atoms with Gasteiger partial charge in [-0.3, -0.25) is 0 Å². The van der Waals surface area contributed by atoms with Crippen molar-refractivity contribution in [3.05, 3.63) is 59.1 Å². The van der Waals surface area contributed by atoms with Crippen LogP contribution in [0, 0.1) is 0 Å². The lowest BCUT2D eigenvalue weighted by atomic mass is 10.0. The van der Waals surface area contributed by atoms with E-state index in [1.807, 2.05) is 31.2 Å². The Morgan fingerprint density at radius 2 is 1.42 bits per heavy atom. The lowest BCUT2D eigenvalue weighted by Crippen LogP contribution is -2.33. The molecule has 1 unspecified atom stereocenters. The standard InChI is InChI=1S/C19H24ClNO4S/c1-14(2)26(22,23)21-12-15(3)16-4-8-18(9-5-16)24-13-25-19-10-6-17(20)7-11-19/h4-11,14-15,21H,12-13H2,1-3H3. The van der Waals surface area contributed by atoms with E-state index in [1.54, 1.807) is 38.1 Å². The van der Waals surface area contributed by atoms with E-state index >= 15 is 0 Å². The van der Waals surface area contributed by atoms with Gasteiger partial charge in [0.25, 0.3) is 0 Å². The number of hydrogen-bond donors (Lipinski definition) is 1. The normalized spacial score (nSPS) is 12.8. The largest absolute Gasteiger partial charge is 0.458 e. The smallest absolute Gasteiger partial charge is 0.230 e. The summed E-state index contributed by atoms with van der Waals surface area (Å²) >= 11 is 5.82. The molecule has 142 valence electrons.